The van der Waals surface area contributed by atoms with Crippen LogP contribution >= 0.6 is 11.8 Å². The maximum atomic E-state index is 12.5. The number of carbonyl (C=O) groups is 1. The number of rotatable bonds is 7. The summed E-state index contributed by atoms with van der Waals surface area (Å²) in [5, 5.41) is 11.7. The summed E-state index contributed by atoms with van der Waals surface area (Å²) in [6, 6.07) is 15.5. The molecule has 1 aliphatic rings. The molecule has 0 saturated carbocycles. The van der Waals surface area contributed by atoms with Gasteiger partial charge in [0.1, 0.15) is 12.1 Å². The Morgan fingerprint density at radius 2 is 1.97 bits per heavy atom. The quantitative estimate of drug-likeness (QED) is 0.583. The van der Waals surface area contributed by atoms with Gasteiger partial charge in [-0.1, -0.05) is 17.8 Å². The number of morpholine rings is 1. The zero-order valence-corrected chi connectivity index (χ0v) is 17.5. The molecule has 0 unspecified atom stereocenters. The molecule has 0 spiro atoms. The zero-order valence-electron chi connectivity index (χ0n) is 16.7. The van der Waals surface area contributed by atoms with E-state index in [0.717, 1.165) is 49.1 Å². The summed E-state index contributed by atoms with van der Waals surface area (Å²) in [4.78, 5) is 14.7. The predicted molar refractivity (Wildman–Crippen MR) is 117 cm³/mol. The summed E-state index contributed by atoms with van der Waals surface area (Å²) in [6.07, 6.45) is 1.63. The lowest BCUT2D eigenvalue weighted by molar-refractivity contribution is -0.113. The number of nitrogens with one attached hydrogen (secondary N) is 1. The van der Waals surface area contributed by atoms with Crippen molar-refractivity contribution in [2.75, 3.05) is 49.4 Å². The highest BCUT2D eigenvalue weighted by Crippen LogP contribution is 2.23. The van der Waals surface area contributed by atoms with Crippen molar-refractivity contribution in [3.63, 3.8) is 0 Å². The van der Waals surface area contributed by atoms with Crippen molar-refractivity contribution in [3.8, 4) is 11.4 Å². The predicted octanol–water partition coefficient (Wildman–Crippen LogP) is 2.84. The van der Waals surface area contributed by atoms with Gasteiger partial charge in [0.05, 0.1) is 26.1 Å². The van der Waals surface area contributed by atoms with E-state index >= 15 is 0 Å². The van der Waals surface area contributed by atoms with E-state index in [2.05, 4.69) is 20.4 Å². The number of benzene rings is 2. The number of amides is 1. The summed E-state index contributed by atoms with van der Waals surface area (Å²) in [6.45, 7) is 3.16. The van der Waals surface area contributed by atoms with Gasteiger partial charge in [-0.25, -0.2) is 0 Å². The van der Waals surface area contributed by atoms with E-state index in [1.807, 2.05) is 53.1 Å². The number of thioether (sulfide) groups is 1. The number of ether oxygens (including phenoxy) is 2. The first-order valence-electron chi connectivity index (χ1n) is 9.63. The van der Waals surface area contributed by atoms with Crippen molar-refractivity contribution < 1.29 is 14.3 Å². The normalized spacial score (nSPS) is 13.8. The van der Waals surface area contributed by atoms with Crippen LogP contribution in [-0.4, -0.2) is 59.8 Å². The van der Waals surface area contributed by atoms with Crippen LogP contribution in [0.1, 0.15) is 0 Å². The molecule has 2 heterocycles. The molecule has 0 aliphatic carbocycles. The van der Waals surface area contributed by atoms with Crippen LogP contribution in [0.5, 0.6) is 5.75 Å². The van der Waals surface area contributed by atoms with E-state index in [0.29, 0.717) is 5.16 Å². The molecule has 8 nitrogen and oxygen atoms in total. The lowest BCUT2D eigenvalue weighted by Crippen LogP contribution is -2.36. The average Bonchev–Trinajstić information content (AvgIpc) is 3.27. The van der Waals surface area contributed by atoms with Gasteiger partial charge in [-0.15, -0.1) is 10.2 Å². The zero-order chi connectivity index (χ0) is 20.8. The Kier molecular flexibility index (Phi) is 6.50. The number of nitrogens with zero attached hydrogens (tertiary/aromatic N) is 4. The molecule has 1 saturated heterocycles. The lowest BCUT2D eigenvalue weighted by atomic mass is 10.2. The van der Waals surface area contributed by atoms with Gasteiger partial charge in [0, 0.05) is 30.2 Å². The Bertz CT molecular complexity index is 986. The SMILES string of the molecule is COc1ccc(-n2cnnc2SCC(=O)Nc2cccc(N3CCOCC3)c2)cc1. The fourth-order valence-corrected chi connectivity index (χ4v) is 3.90. The molecular formula is C21H23N5O3S. The van der Waals surface area contributed by atoms with Crippen LogP contribution < -0.4 is 15.0 Å². The van der Waals surface area contributed by atoms with Crippen LogP contribution in [0, 0.1) is 0 Å². The van der Waals surface area contributed by atoms with E-state index in [1.165, 1.54) is 11.8 Å². The molecule has 0 bridgehead atoms. The summed E-state index contributed by atoms with van der Waals surface area (Å²) >= 11 is 1.34. The smallest absolute Gasteiger partial charge is 0.234 e. The molecule has 0 atom stereocenters. The van der Waals surface area contributed by atoms with Gasteiger partial charge in [-0.2, -0.15) is 0 Å². The Morgan fingerprint density at radius 3 is 2.73 bits per heavy atom. The average molecular weight is 426 g/mol. The molecule has 1 amide bonds. The minimum Gasteiger partial charge on any atom is -0.497 e. The fraction of sp³-hybridized carbons (Fsp3) is 0.286. The Morgan fingerprint density at radius 1 is 1.17 bits per heavy atom. The molecule has 1 aliphatic heterocycles. The minimum absolute atomic E-state index is 0.0941. The molecule has 9 heteroatoms. The van der Waals surface area contributed by atoms with Crippen LogP contribution in [0.25, 0.3) is 5.69 Å². The van der Waals surface area contributed by atoms with E-state index in [9.17, 15) is 4.79 Å². The van der Waals surface area contributed by atoms with Crippen LogP contribution in [0.3, 0.4) is 0 Å². The summed E-state index contributed by atoms with van der Waals surface area (Å²) in [7, 11) is 1.63. The van der Waals surface area contributed by atoms with Gasteiger partial charge in [0.15, 0.2) is 5.16 Å². The monoisotopic (exact) mass is 425 g/mol. The molecule has 4 rings (SSSR count). The van der Waals surface area contributed by atoms with Gasteiger partial charge >= 0.3 is 0 Å². The first kappa shape index (κ1) is 20.2. The Hall–Kier alpha value is -3.04. The fourth-order valence-electron chi connectivity index (χ4n) is 3.17. The maximum absolute atomic E-state index is 12.5. The second-order valence-corrected chi connectivity index (χ2v) is 7.61. The number of hydrogen-bond donors (Lipinski definition) is 1. The van der Waals surface area contributed by atoms with Gasteiger partial charge in [0.25, 0.3) is 0 Å². The maximum Gasteiger partial charge on any atom is 0.234 e. The topological polar surface area (TPSA) is 81.5 Å². The number of carbonyl (C=O) groups excluding carboxylic acids is 1. The van der Waals surface area contributed by atoms with Crippen LogP contribution in [-0.2, 0) is 9.53 Å². The third-order valence-electron chi connectivity index (χ3n) is 4.71. The summed E-state index contributed by atoms with van der Waals surface area (Å²) < 4.78 is 12.4. The van der Waals surface area contributed by atoms with E-state index in [4.69, 9.17) is 9.47 Å². The van der Waals surface area contributed by atoms with Crippen molar-refractivity contribution in [1.82, 2.24) is 14.8 Å². The van der Waals surface area contributed by atoms with Crippen molar-refractivity contribution >= 4 is 29.0 Å². The minimum atomic E-state index is -0.0941. The molecule has 30 heavy (non-hydrogen) atoms. The third-order valence-corrected chi connectivity index (χ3v) is 5.65. The number of methoxy groups -OCH3 is 1. The van der Waals surface area contributed by atoms with Crippen molar-refractivity contribution in [1.29, 1.82) is 0 Å². The molecule has 1 fully saturated rings. The van der Waals surface area contributed by atoms with Gasteiger partial charge in [0.2, 0.25) is 5.91 Å². The Balaban J connectivity index is 1.36. The molecule has 2 aromatic carbocycles. The van der Waals surface area contributed by atoms with Crippen molar-refractivity contribution in [3.05, 3.63) is 54.9 Å². The molecular weight excluding hydrogens is 402 g/mol. The van der Waals surface area contributed by atoms with E-state index in [-0.39, 0.29) is 11.7 Å². The van der Waals surface area contributed by atoms with Crippen molar-refractivity contribution in [2.24, 2.45) is 0 Å². The number of aromatic nitrogens is 3. The van der Waals surface area contributed by atoms with Crippen LogP contribution in [0.2, 0.25) is 0 Å². The molecule has 156 valence electrons. The lowest BCUT2D eigenvalue weighted by Gasteiger charge is -2.29. The summed E-state index contributed by atoms with van der Waals surface area (Å²) in [5.41, 5.74) is 2.77. The van der Waals surface area contributed by atoms with Crippen LogP contribution in [0.15, 0.2) is 60.0 Å². The second-order valence-electron chi connectivity index (χ2n) is 6.67. The number of hydrogen-bond acceptors (Lipinski definition) is 7. The molecule has 1 N–H and O–H groups in total. The highest BCUT2D eigenvalue weighted by atomic mass is 32.2. The first-order valence-corrected chi connectivity index (χ1v) is 10.6. The van der Waals surface area contributed by atoms with Crippen LogP contribution in [0.4, 0.5) is 11.4 Å². The molecule has 0 radical (unpaired) electrons. The van der Waals surface area contributed by atoms with Crippen molar-refractivity contribution in [2.45, 2.75) is 5.16 Å². The number of anilines is 2. The highest BCUT2D eigenvalue weighted by molar-refractivity contribution is 7.99. The molecule has 3 aromatic rings. The first-order chi connectivity index (χ1) is 14.7. The molecule has 1 aromatic heterocycles. The van der Waals surface area contributed by atoms with Gasteiger partial charge < -0.3 is 19.7 Å². The second kappa shape index (κ2) is 9.64. The standard InChI is InChI=1S/C21H23N5O3S/c1-28-19-7-5-17(6-8-19)26-15-22-24-21(26)30-14-20(27)23-16-3-2-4-18(13-16)25-9-11-29-12-10-25/h2-8,13,15H,9-12,14H2,1H3,(H,23,27). The third kappa shape index (κ3) is 4.92. The van der Waals surface area contributed by atoms with E-state index in [1.54, 1.807) is 13.4 Å². The summed E-state index contributed by atoms with van der Waals surface area (Å²) in [5.74, 6) is 0.916. The van der Waals surface area contributed by atoms with E-state index < -0.39 is 0 Å². The highest BCUT2D eigenvalue weighted by Gasteiger charge is 2.13. The Labute approximate surface area is 179 Å². The largest absolute Gasteiger partial charge is 0.497 e. The van der Waals surface area contributed by atoms with Gasteiger partial charge in [-0.05, 0) is 42.5 Å². The van der Waals surface area contributed by atoms with Gasteiger partial charge in [-0.3, -0.25) is 9.36 Å².